The van der Waals surface area contributed by atoms with E-state index in [0.29, 0.717) is 16.6 Å². The lowest BCUT2D eigenvalue weighted by atomic mass is 10.1. The highest BCUT2D eigenvalue weighted by molar-refractivity contribution is 7.79. The number of nitrogens with one attached hydrogen (secondary N) is 1. The SMILES string of the molecule is NN=C(C=Nc1ccc(S(=O)[O-])cc1)c1cc2cc(F)ccc2[nH]c1=O. The summed E-state index contributed by atoms with van der Waals surface area (Å²) in [6.07, 6.45) is 1.28. The highest BCUT2D eigenvalue weighted by Gasteiger charge is 2.09. The zero-order valence-electron chi connectivity index (χ0n) is 13.2. The van der Waals surface area contributed by atoms with Gasteiger partial charge < -0.3 is 15.4 Å². The van der Waals surface area contributed by atoms with Gasteiger partial charge in [0, 0.05) is 15.8 Å². The first-order valence-corrected chi connectivity index (χ1v) is 8.39. The lowest BCUT2D eigenvalue weighted by Gasteiger charge is -2.05. The normalized spacial score (nSPS) is 13.4. The van der Waals surface area contributed by atoms with E-state index in [4.69, 9.17) is 5.84 Å². The molecular weight excluding hydrogens is 359 g/mol. The van der Waals surface area contributed by atoms with Gasteiger partial charge in [-0.25, -0.2) is 4.39 Å². The van der Waals surface area contributed by atoms with Crippen LogP contribution in [-0.2, 0) is 11.1 Å². The molecule has 0 aliphatic carbocycles. The van der Waals surface area contributed by atoms with Gasteiger partial charge in [0.05, 0.1) is 17.5 Å². The number of hydrazone groups is 1. The van der Waals surface area contributed by atoms with Crippen molar-refractivity contribution < 1.29 is 13.2 Å². The van der Waals surface area contributed by atoms with Crippen molar-refractivity contribution in [3.8, 4) is 0 Å². The molecule has 0 radical (unpaired) electrons. The molecule has 1 unspecified atom stereocenters. The average molecular weight is 371 g/mol. The van der Waals surface area contributed by atoms with Crippen LogP contribution in [-0.4, -0.2) is 25.7 Å². The van der Waals surface area contributed by atoms with E-state index in [1.54, 1.807) is 0 Å². The molecule has 3 rings (SSSR count). The molecule has 26 heavy (non-hydrogen) atoms. The molecule has 3 aromatic rings. The molecule has 7 nitrogen and oxygen atoms in total. The lowest BCUT2D eigenvalue weighted by molar-refractivity contribution is 0.537. The van der Waals surface area contributed by atoms with Gasteiger partial charge in [-0.2, -0.15) is 5.10 Å². The van der Waals surface area contributed by atoms with E-state index in [1.807, 2.05) is 0 Å². The van der Waals surface area contributed by atoms with Crippen LogP contribution in [0.3, 0.4) is 0 Å². The third kappa shape index (κ3) is 3.73. The van der Waals surface area contributed by atoms with Gasteiger partial charge in [0.2, 0.25) is 0 Å². The van der Waals surface area contributed by atoms with E-state index in [1.165, 1.54) is 54.7 Å². The van der Waals surface area contributed by atoms with Crippen LogP contribution in [0.4, 0.5) is 10.1 Å². The monoisotopic (exact) mass is 371 g/mol. The van der Waals surface area contributed by atoms with Crippen LogP contribution < -0.4 is 11.4 Å². The summed E-state index contributed by atoms with van der Waals surface area (Å²) < 4.78 is 35.1. The van der Waals surface area contributed by atoms with Crippen molar-refractivity contribution in [2.24, 2.45) is 15.9 Å². The Labute approximate surface area is 149 Å². The molecule has 0 amide bonds. The molecule has 3 N–H and O–H groups in total. The first kappa shape index (κ1) is 17.6. The van der Waals surface area contributed by atoms with Crippen LogP contribution >= 0.6 is 0 Å². The summed E-state index contributed by atoms with van der Waals surface area (Å²) in [6, 6.07) is 11.2. The maximum atomic E-state index is 13.4. The molecule has 0 fully saturated rings. The largest absolute Gasteiger partial charge is 0.768 e. The maximum Gasteiger partial charge on any atom is 0.258 e. The third-order valence-corrected chi connectivity index (χ3v) is 4.24. The smallest absolute Gasteiger partial charge is 0.258 e. The van der Waals surface area contributed by atoms with Gasteiger partial charge in [0.25, 0.3) is 5.56 Å². The third-order valence-electron chi connectivity index (χ3n) is 3.59. The highest BCUT2D eigenvalue weighted by atomic mass is 32.2. The lowest BCUT2D eigenvalue weighted by Crippen LogP contribution is -2.20. The molecule has 0 bridgehead atoms. The van der Waals surface area contributed by atoms with E-state index in [-0.39, 0.29) is 16.2 Å². The number of nitrogens with two attached hydrogens (primary N) is 1. The fourth-order valence-electron chi connectivity index (χ4n) is 2.32. The number of H-pyrrole nitrogens is 1. The molecule has 9 heteroatoms. The number of hydrogen-bond acceptors (Lipinski definition) is 6. The van der Waals surface area contributed by atoms with Gasteiger partial charge in [-0.15, -0.1) is 0 Å². The zero-order chi connectivity index (χ0) is 18.7. The van der Waals surface area contributed by atoms with E-state index in [2.05, 4.69) is 15.1 Å². The minimum atomic E-state index is -2.32. The number of aromatic amines is 1. The average Bonchev–Trinajstić information content (AvgIpc) is 2.63. The van der Waals surface area contributed by atoms with Gasteiger partial charge in [0.15, 0.2) is 0 Å². The Bertz CT molecular complexity index is 1110. The van der Waals surface area contributed by atoms with E-state index in [0.717, 1.165) is 0 Å². The van der Waals surface area contributed by atoms with E-state index in [9.17, 15) is 17.9 Å². The van der Waals surface area contributed by atoms with Crippen LogP contribution in [0, 0.1) is 5.82 Å². The van der Waals surface area contributed by atoms with E-state index < -0.39 is 22.5 Å². The van der Waals surface area contributed by atoms with Crippen LogP contribution in [0.15, 0.2) is 68.3 Å². The van der Waals surface area contributed by atoms with Gasteiger partial charge in [-0.05, 0) is 59.6 Å². The molecule has 2 aromatic carbocycles. The van der Waals surface area contributed by atoms with Crippen LogP contribution in [0.2, 0.25) is 0 Å². The minimum Gasteiger partial charge on any atom is -0.768 e. The van der Waals surface area contributed by atoms with Crippen molar-refractivity contribution in [1.82, 2.24) is 4.98 Å². The predicted octanol–water partition coefficient (Wildman–Crippen LogP) is 1.97. The Morgan fingerprint density at radius 2 is 1.92 bits per heavy atom. The summed E-state index contributed by atoms with van der Waals surface area (Å²) in [6.45, 7) is 0. The van der Waals surface area contributed by atoms with E-state index >= 15 is 0 Å². The number of fused-ring (bicyclic) bond motifs is 1. The Morgan fingerprint density at radius 3 is 2.58 bits per heavy atom. The first-order chi connectivity index (χ1) is 12.5. The van der Waals surface area contributed by atoms with Crippen molar-refractivity contribution in [2.45, 2.75) is 4.90 Å². The number of benzene rings is 2. The first-order valence-electron chi connectivity index (χ1n) is 7.32. The summed E-state index contributed by atoms with van der Waals surface area (Å²) in [4.78, 5) is 19.1. The molecule has 0 saturated heterocycles. The fourth-order valence-corrected chi connectivity index (χ4v) is 2.68. The molecular formula is C17H12FN4O3S-. The Hall–Kier alpha value is -3.17. The Morgan fingerprint density at radius 1 is 1.19 bits per heavy atom. The molecule has 0 aliphatic heterocycles. The number of hydrogen-bond donors (Lipinski definition) is 2. The summed E-state index contributed by atoms with van der Waals surface area (Å²) >= 11 is -2.32. The maximum absolute atomic E-state index is 13.4. The van der Waals surface area contributed by atoms with Crippen molar-refractivity contribution in [3.05, 3.63) is 70.3 Å². The molecule has 0 aliphatic rings. The number of aliphatic imine (C=N–C) groups is 1. The predicted molar refractivity (Wildman–Crippen MR) is 97.0 cm³/mol. The Balaban J connectivity index is 1.96. The summed E-state index contributed by atoms with van der Waals surface area (Å²) in [7, 11) is 0. The fraction of sp³-hybridized carbons (Fsp3) is 0. The number of nitrogens with zero attached hydrogens (tertiary/aromatic N) is 2. The van der Waals surface area contributed by atoms with Gasteiger partial charge >= 0.3 is 0 Å². The van der Waals surface area contributed by atoms with Crippen LogP contribution in [0.25, 0.3) is 10.9 Å². The second kappa shape index (κ2) is 7.38. The number of halogens is 1. The van der Waals surface area contributed by atoms with Crippen LogP contribution in [0.1, 0.15) is 5.56 Å². The second-order valence-electron chi connectivity index (χ2n) is 5.24. The van der Waals surface area contributed by atoms with Gasteiger partial charge in [-0.3, -0.25) is 14.0 Å². The molecule has 132 valence electrons. The topological polar surface area (TPSA) is 124 Å². The van der Waals surface area contributed by atoms with Crippen molar-refractivity contribution >= 4 is 39.6 Å². The standard InChI is InChI=1S/C17H13FN4O3S/c18-11-1-6-15-10(7-11)8-14(17(23)21-15)16(22-19)9-20-12-2-4-13(5-3-12)26(24)25/h1-9H,19H2,(H,21,23)(H,24,25)/p-1. The van der Waals surface area contributed by atoms with Gasteiger partial charge in [0.1, 0.15) is 11.5 Å². The van der Waals surface area contributed by atoms with Crippen LogP contribution in [0.5, 0.6) is 0 Å². The summed E-state index contributed by atoms with van der Waals surface area (Å²) in [5.74, 6) is 4.93. The quantitative estimate of drug-likeness (QED) is 0.315. The van der Waals surface area contributed by atoms with Crippen molar-refractivity contribution in [1.29, 1.82) is 0 Å². The summed E-state index contributed by atoms with van der Waals surface area (Å²) in [5.41, 5.74) is 0.704. The molecule has 1 heterocycles. The number of pyridine rings is 1. The molecule has 1 aromatic heterocycles. The highest BCUT2D eigenvalue weighted by Crippen LogP contribution is 2.15. The van der Waals surface area contributed by atoms with Gasteiger partial charge in [-0.1, -0.05) is 0 Å². The molecule has 1 atom stereocenters. The number of aromatic nitrogens is 1. The summed E-state index contributed by atoms with van der Waals surface area (Å²) in [5, 5.41) is 4.05. The second-order valence-corrected chi connectivity index (χ2v) is 6.19. The van der Waals surface area contributed by atoms with Crippen molar-refractivity contribution in [2.75, 3.05) is 0 Å². The minimum absolute atomic E-state index is 0.0916. The molecule has 0 spiro atoms. The molecule has 0 saturated carbocycles. The Kier molecular flexibility index (Phi) is 5.01. The van der Waals surface area contributed by atoms with Crippen molar-refractivity contribution in [3.63, 3.8) is 0 Å². The zero-order valence-corrected chi connectivity index (χ0v) is 14.0. The number of rotatable bonds is 4.